The zero-order chi connectivity index (χ0) is 13.0. The third kappa shape index (κ3) is 3.76. The molecular formula is C10H18N4O3S. The predicted molar refractivity (Wildman–Crippen MR) is 65.6 cm³/mol. The maximum atomic E-state index is 11.3. The van der Waals surface area contributed by atoms with Crippen LogP contribution in [0.4, 0.5) is 0 Å². The number of nitrogens with zero attached hydrogens (tertiary/aromatic N) is 3. The number of aromatic nitrogens is 3. The second kappa shape index (κ2) is 5.77. The Kier molecular flexibility index (Phi) is 4.31. The molecule has 0 amide bonds. The number of sulfone groups is 1. The summed E-state index contributed by atoms with van der Waals surface area (Å²) in [5, 5.41) is 19.9. The second-order valence-corrected chi connectivity index (χ2v) is 6.81. The lowest BCUT2D eigenvalue weighted by Crippen LogP contribution is -2.37. The van der Waals surface area contributed by atoms with Crippen molar-refractivity contribution in [1.82, 2.24) is 20.3 Å². The average Bonchev–Trinajstić information content (AvgIpc) is 2.76. The van der Waals surface area contributed by atoms with Crippen molar-refractivity contribution in [2.75, 3.05) is 18.1 Å². The van der Waals surface area contributed by atoms with E-state index in [9.17, 15) is 8.42 Å². The molecular weight excluding hydrogens is 256 g/mol. The molecule has 0 radical (unpaired) electrons. The normalized spacial score (nSPS) is 20.1. The molecule has 0 atom stereocenters. The van der Waals surface area contributed by atoms with E-state index in [0.29, 0.717) is 25.9 Å². The van der Waals surface area contributed by atoms with E-state index in [2.05, 4.69) is 15.6 Å². The standard InChI is InChI=1S/C10H18N4O3S/c15-4-3-14-8-10(12-13-14)7-11-9-1-5-18(16,17)6-2-9/h8-9,11,15H,1-7H2. The van der Waals surface area contributed by atoms with Gasteiger partial charge < -0.3 is 10.4 Å². The summed E-state index contributed by atoms with van der Waals surface area (Å²) in [6, 6.07) is 0.233. The lowest BCUT2D eigenvalue weighted by molar-refractivity contribution is 0.268. The van der Waals surface area contributed by atoms with Crippen LogP contribution in [0.25, 0.3) is 0 Å². The predicted octanol–water partition coefficient (Wildman–Crippen LogP) is -1.06. The van der Waals surface area contributed by atoms with Crippen LogP contribution in [0.3, 0.4) is 0 Å². The minimum Gasteiger partial charge on any atom is -0.394 e. The Hall–Kier alpha value is -0.990. The molecule has 8 heteroatoms. The first-order valence-electron chi connectivity index (χ1n) is 6.03. The Morgan fingerprint density at radius 1 is 1.44 bits per heavy atom. The van der Waals surface area contributed by atoms with Gasteiger partial charge in [0.2, 0.25) is 0 Å². The summed E-state index contributed by atoms with van der Waals surface area (Å²) in [5.74, 6) is 0.531. The van der Waals surface area contributed by atoms with Gasteiger partial charge in [-0.25, -0.2) is 13.1 Å². The van der Waals surface area contributed by atoms with Crippen molar-refractivity contribution in [3.05, 3.63) is 11.9 Å². The van der Waals surface area contributed by atoms with Crippen LogP contribution in [0, 0.1) is 0 Å². The van der Waals surface area contributed by atoms with Gasteiger partial charge in [0.1, 0.15) is 9.84 Å². The third-order valence-electron chi connectivity index (χ3n) is 3.04. The molecule has 0 aromatic carbocycles. The highest BCUT2D eigenvalue weighted by molar-refractivity contribution is 7.91. The molecule has 2 heterocycles. The van der Waals surface area contributed by atoms with Gasteiger partial charge in [0.15, 0.2) is 0 Å². The van der Waals surface area contributed by atoms with E-state index < -0.39 is 9.84 Å². The summed E-state index contributed by atoms with van der Waals surface area (Å²) in [6.07, 6.45) is 3.10. The van der Waals surface area contributed by atoms with Gasteiger partial charge >= 0.3 is 0 Å². The average molecular weight is 274 g/mol. The minimum atomic E-state index is -2.80. The Balaban J connectivity index is 1.77. The Labute approximate surface area is 106 Å². The van der Waals surface area contributed by atoms with Gasteiger partial charge in [-0.2, -0.15) is 0 Å². The molecule has 1 aromatic rings. The van der Waals surface area contributed by atoms with E-state index in [4.69, 9.17) is 5.11 Å². The summed E-state index contributed by atoms with van der Waals surface area (Å²) in [4.78, 5) is 0. The van der Waals surface area contributed by atoms with Gasteiger partial charge in [-0.15, -0.1) is 5.10 Å². The van der Waals surface area contributed by atoms with Crippen molar-refractivity contribution < 1.29 is 13.5 Å². The van der Waals surface area contributed by atoms with E-state index in [1.165, 1.54) is 0 Å². The van der Waals surface area contributed by atoms with Gasteiger partial charge in [0, 0.05) is 18.8 Å². The zero-order valence-electron chi connectivity index (χ0n) is 10.1. The fourth-order valence-corrected chi connectivity index (χ4v) is 3.47. The van der Waals surface area contributed by atoms with Gasteiger partial charge in [-0.1, -0.05) is 5.21 Å². The van der Waals surface area contributed by atoms with E-state index in [1.807, 2.05) is 0 Å². The minimum absolute atomic E-state index is 0.0384. The highest BCUT2D eigenvalue weighted by atomic mass is 32.2. The van der Waals surface area contributed by atoms with Crippen LogP contribution < -0.4 is 5.32 Å². The molecule has 1 fully saturated rings. The molecule has 0 aliphatic carbocycles. The molecule has 0 unspecified atom stereocenters. The molecule has 1 aromatic heterocycles. The number of nitrogens with one attached hydrogen (secondary N) is 1. The summed E-state index contributed by atoms with van der Waals surface area (Å²) in [7, 11) is -2.80. The molecule has 7 nitrogen and oxygen atoms in total. The van der Waals surface area contributed by atoms with E-state index in [1.54, 1.807) is 10.9 Å². The van der Waals surface area contributed by atoms with Crippen LogP contribution in [0.1, 0.15) is 18.5 Å². The van der Waals surface area contributed by atoms with Crippen LogP contribution >= 0.6 is 0 Å². The van der Waals surface area contributed by atoms with Crippen molar-refractivity contribution in [2.45, 2.75) is 32.0 Å². The van der Waals surface area contributed by atoms with Crippen LogP contribution in [0.5, 0.6) is 0 Å². The summed E-state index contributed by atoms with van der Waals surface area (Å²) in [6.45, 7) is 1.06. The molecule has 2 rings (SSSR count). The van der Waals surface area contributed by atoms with Gasteiger partial charge in [-0.3, -0.25) is 0 Å². The van der Waals surface area contributed by atoms with Crippen LogP contribution in [-0.2, 0) is 22.9 Å². The number of hydrogen-bond donors (Lipinski definition) is 2. The van der Waals surface area contributed by atoms with Crippen molar-refractivity contribution in [2.24, 2.45) is 0 Å². The molecule has 1 aliphatic rings. The van der Waals surface area contributed by atoms with Crippen LogP contribution in [-0.4, -0.2) is 52.7 Å². The first-order chi connectivity index (χ1) is 8.59. The maximum Gasteiger partial charge on any atom is 0.150 e. The first kappa shape index (κ1) is 13.4. The SMILES string of the molecule is O=S1(=O)CCC(NCc2cn(CCO)nn2)CC1. The molecule has 1 aliphatic heterocycles. The fraction of sp³-hybridized carbons (Fsp3) is 0.800. The smallest absolute Gasteiger partial charge is 0.150 e. The molecule has 18 heavy (non-hydrogen) atoms. The third-order valence-corrected chi connectivity index (χ3v) is 4.76. The molecule has 0 saturated carbocycles. The zero-order valence-corrected chi connectivity index (χ0v) is 10.9. The van der Waals surface area contributed by atoms with Crippen molar-refractivity contribution in [1.29, 1.82) is 0 Å². The lowest BCUT2D eigenvalue weighted by Gasteiger charge is -2.22. The molecule has 102 valence electrons. The number of hydrogen-bond acceptors (Lipinski definition) is 6. The van der Waals surface area contributed by atoms with E-state index in [0.717, 1.165) is 5.69 Å². The Bertz CT molecular complexity index is 471. The van der Waals surface area contributed by atoms with E-state index >= 15 is 0 Å². The van der Waals surface area contributed by atoms with Crippen LogP contribution in [0.15, 0.2) is 6.20 Å². The Morgan fingerprint density at radius 3 is 2.83 bits per heavy atom. The molecule has 0 spiro atoms. The summed E-state index contributed by atoms with van der Waals surface area (Å²) < 4.78 is 24.1. The van der Waals surface area contributed by atoms with Gasteiger partial charge in [0.25, 0.3) is 0 Å². The van der Waals surface area contributed by atoms with Crippen molar-refractivity contribution in [3.8, 4) is 0 Å². The number of aliphatic hydroxyl groups excluding tert-OH is 1. The number of rotatable bonds is 5. The second-order valence-electron chi connectivity index (χ2n) is 4.50. The van der Waals surface area contributed by atoms with Gasteiger partial charge in [0.05, 0.1) is 30.4 Å². The van der Waals surface area contributed by atoms with Crippen LogP contribution in [0.2, 0.25) is 0 Å². The maximum absolute atomic E-state index is 11.3. The lowest BCUT2D eigenvalue weighted by atomic mass is 10.1. The monoisotopic (exact) mass is 274 g/mol. The van der Waals surface area contributed by atoms with E-state index in [-0.39, 0.29) is 24.2 Å². The topological polar surface area (TPSA) is 97.1 Å². The summed E-state index contributed by atoms with van der Waals surface area (Å²) in [5.41, 5.74) is 0.803. The highest BCUT2D eigenvalue weighted by Gasteiger charge is 2.23. The quantitative estimate of drug-likeness (QED) is 0.710. The van der Waals surface area contributed by atoms with Crippen molar-refractivity contribution >= 4 is 9.84 Å². The fourth-order valence-electron chi connectivity index (χ4n) is 1.97. The Morgan fingerprint density at radius 2 is 2.17 bits per heavy atom. The van der Waals surface area contributed by atoms with Gasteiger partial charge in [-0.05, 0) is 12.8 Å². The summed E-state index contributed by atoms with van der Waals surface area (Å²) >= 11 is 0. The first-order valence-corrected chi connectivity index (χ1v) is 7.85. The molecule has 0 bridgehead atoms. The highest BCUT2D eigenvalue weighted by Crippen LogP contribution is 2.12. The van der Waals surface area contributed by atoms with Crippen molar-refractivity contribution in [3.63, 3.8) is 0 Å². The number of aliphatic hydroxyl groups is 1. The largest absolute Gasteiger partial charge is 0.394 e. The molecule has 2 N–H and O–H groups in total. The molecule has 1 saturated heterocycles.